The Morgan fingerprint density at radius 1 is 0.879 bits per heavy atom. The maximum absolute atomic E-state index is 10.7. The lowest BCUT2D eigenvalue weighted by molar-refractivity contribution is -0.384. The van der Waals surface area contributed by atoms with Crippen molar-refractivity contribution in [3.63, 3.8) is 0 Å². The summed E-state index contributed by atoms with van der Waals surface area (Å²) in [6.45, 7) is -1.30. The van der Waals surface area contributed by atoms with E-state index in [1.165, 1.54) is 12.1 Å². The third kappa shape index (κ3) is 5.80. The Balaban J connectivity index is 1.64. The van der Waals surface area contributed by atoms with Crippen LogP contribution in [0.4, 0.5) is 5.69 Å². The molecule has 33 heavy (non-hydrogen) atoms. The molecule has 0 radical (unpaired) electrons. The molecule has 0 saturated carbocycles. The molecule has 2 fully saturated rings. The Hall–Kier alpha value is -1.43. The Bertz CT molecular complexity index is 781. The molecular weight excluding hydrogens is 466 g/mol. The van der Waals surface area contributed by atoms with Gasteiger partial charge in [-0.3, -0.25) is 10.1 Å². The Kier molecular flexibility index (Phi) is 8.99. The number of hydrogen-bond acceptors (Lipinski definition) is 13. The van der Waals surface area contributed by atoms with E-state index in [-0.39, 0.29) is 11.4 Å². The van der Waals surface area contributed by atoms with Crippen LogP contribution in [0.5, 0.6) is 0 Å². The van der Waals surface area contributed by atoms with Crippen LogP contribution >= 0.6 is 11.8 Å². The highest BCUT2D eigenvalue weighted by Gasteiger charge is 2.50. The lowest BCUT2D eigenvalue weighted by atomic mass is 9.97. The van der Waals surface area contributed by atoms with Crippen molar-refractivity contribution in [2.45, 2.75) is 66.3 Å². The van der Waals surface area contributed by atoms with Crippen LogP contribution in [-0.4, -0.2) is 114 Å². The van der Waals surface area contributed by atoms with Crippen LogP contribution in [0, 0.1) is 10.1 Å². The molecule has 0 aromatic heterocycles. The summed E-state index contributed by atoms with van der Waals surface area (Å²) in [5.74, 6) is 0.281. The molecule has 13 nitrogen and oxygen atoms in total. The van der Waals surface area contributed by atoms with E-state index >= 15 is 0 Å². The molecule has 0 bridgehead atoms. The van der Waals surface area contributed by atoms with Gasteiger partial charge in [0.25, 0.3) is 5.69 Å². The molecule has 10 atom stereocenters. The maximum atomic E-state index is 10.7. The van der Waals surface area contributed by atoms with Crippen molar-refractivity contribution in [2.24, 2.45) is 0 Å². The van der Waals surface area contributed by atoms with E-state index in [0.29, 0.717) is 5.56 Å². The van der Waals surface area contributed by atoms with E-state index in [1.807, 2.05) is 0 Å². The molecule has 2 aliphatic heterocycles. The van der Waals surface area contributed by atoms with Crippen LogP contribution in [0.15, 0.2) is 24.3 Å². The Labute approximate surface area is 192 Å². The van der Waals surface area contributed by atoms with Gasteiger partial charge in [-0.1, -0.05) is 12.1 Å². The van der Waals surface area contributed by atoms with Crippen molar-refractivity contribution in [1.82, 2.24) is 0 Å². The van der Waals surface area contributed by atoms with Crippen LogP contribution in [0.25, 0.3) is 0 Å². The predicted molar refractivity (Wildman–Crippen MR) is 111 cm³/mol. The van der Waals surface area contributed by atoms with Gasteiger partial charge in [-0.15, -0.1) is 11.8 Å². The van der Waals surface area contributed by atoms with Gasteiger partial charge >= 0.3 is 0 Å². The molecular formula is C19H27NO12S. The number of aliphatic hydroxyl groups excluding tert-OH is 7. The van der Waals surface area contributed by atoms with Crippen LogP contribution in [0.3, 0.4) is 0 Å². The zero-order valence-electron chi connectivity index (χ0n) is 17.2. The maximum Gasteiger partial charge on any atom is 0.269 e. The number of nitro groups is 1. The van der Waals surface area contributed by atoms with E-state index in [0.717, 1.165) is 11.8 Å². The van der Waals surface area contributed by atoms with E-state index in [4.69, 9.17) is 14.2 Å². The Morgan fingerprint density at radius 2 is 1.52 bits per heavy atom. The highest BCUT2D eigenvalue weighted by molar-refractivity contribution is 7.99. The number of rotatable bonds is 8. The van der Waals surface area contributed by atoms with Gasteiger partial charge in [0.15, 0.2) is 6.29 Å². The van der Waals surface area contributed by atoms with Gasteiger partial charge in [0, 0.05) is 17.9 Å². The summed E-state index contributed by atoms with van der Waals surface area (Å²) in [4.78, 5) is 10.2. The summed E-state index contributed by atoms with van der Waals surface area (Å²) in [6.07, 6.45) is -13.5. The van der Waals surface area contributed by atoms with Gasteiger partial charge in [0.05, 0.1) is 18.1 Å². The summed E-state index contributed by atoms with van der Waals surface area (Å²) < 4.78 is 16.4. The van der Waals surface area contributed by atoms with E-state index in [1.54, 1.807) is 12.1 Å². The summed E-state index contributed by atoms with van der Waals surface area (Å²) in [5, 5.41) is 80.8. The fourth-order valence-electron chi connectivity index (χ4n) is 3.59. The fourth-order valence-corrected chi connectivity index (χ4v) is 4.71. The van der Waals surface area contributed by atoms with Crippen LogP contribution < -0.4 is 0 Å². The first-order valence-electron chi connectivity index (χ1n) is 10.1. The number of hydrogen-bond donors (Lipinski definition) is 7. The lowest BCUT2D eigenvalue weighted by Crippen LogP contribution is -2.64. The van der Waals surface area contributed by atoms with E-state index < -0.39 is 78.7 Å². The van der Waals surface area contributed by atoms with E-state index in [2.05, 4.69) is 0 Å². The van der Waals surface area contributed by atoms with Gasteiger partial charge in [0.2, 0.25) is 0 Å². The van der Waals surface area contributed by atoms with Crippen LogP contribution in [0.2, 0.25) is 0 Å². The lowest BCUT2D eigenvalue weighted by Gasteiger charge is -2.46. The minimum absolute atomic E-state index is 0.0679. The number of benzene rings is 1. The fraction of sp³-hybridized carbons (Fsp3) is 0.684. The summed E-state index contributed by atoms with van der Waals surface area (Å²) in [6, 6.07) is 5.77. The van der Waals surface area contributed by atoms with Gasteiger partial charge in [-0.2, -0.15) is 0 Å². The monoisotopic (exact) mass is 493 g/mol. The zero-order valence-corrected chi connectivity index (χ0v) is 18.0. The summed E-state index contributed by atoms with van der Waals surface area (Å²) >= 11 is 1.09. The minimum Gasteiger partial charge on any atom is -0.394 e. The molecule has 0 aliphatic carbocycles. The normalized spacial score (nSPS) is 39.4. The number of thioether (sulfide) groups is 1. The topological polar surface area (TPSA) is 212 Å². The predicted octanol–water partition coefficient (Wildman–Crippen LogP) is -2.55. The van der Waals surface area contributed by atoms with Crippen molar-refractivity contribution < 1.29 is 54.9 Å². The van der Waals surface area contributed by atoms with Gasteiger partial charge in [-0.05, 0) is 5.56 Å². The summed E-state index contributed by atoms with van der Waals surface area (Å²) in [7, 11) is 0. The molecule has 7 N–H and O–H groups in total. The third-order valence-electron chi connectivity index (χ3n) is 5.52. The van der Waals surface area contributed by atoms with Gasteiger partial charge in [-0.25, -0.2) is 0 Å². The molecule has 3 rings (SSSR count). The van der Waals surface area contributed by atoms with Crippen LogP contribution in [-0.2, 0) is 20.0 Å². The minimum atomic E-state index is -1.74. The number of nitrogens with zero attached hydrogens (tertiary/aromatic N) is 1. The SMILES string of the molecule is O=[N+]([O-])c1ccc(CS[C@@H]2OC(CO)[C@H](O[C@H]3OC(CO)[C@@H](O)C(O)[C@@H]3O)[C@H](O)C2O)cc1. The molecule has 1 aromatic carbocycles. The van der Waals surface area contributed by atoms with Crippen molar-refractivity contribution in [2.75, 3.05) is 13.2 Å². The van der Waals surface area contributed by atoms with Crippen LogP contribution in [0.1, 0.15) is 5.56 Å². The number of nitro benzene ring substituents is 1. The van der Waals surface area contributed by atoms with E-state index in [9.17, 15) is 45.9 Å². The van der Waals surface area contributed by atoms with Crippen molar-refractivity contribution in [1.29, 1.82) is 0 Å². The average molecular weight is 493 g/mol. The smallest absolute Gasteiger partial charge is 0.269 e. The number of ether oxygens (including phenoxy) is 3. The number of non-ortho nitro benzene ring substituents is 1. The summed E-state index contributed by atoms with van der Waals surface area (Å²) in [5.41, 5.74) is -0.347. The molecule has 0 spiro atoms. The molecule has 186 valence electrons. The second-order valence-electron chi connectivity index (χ2n) is 7.74. The highest BCUT2D eigenvalue weighted by atomic mass is 32.2. The third-order valence-corrected chi connectivity index (χ3v) is 6.74. The molecule has 4 unspecified atom stereocenters. The first kappa shape index (κ1) is 26.2. The average Bonchev–Trinajstić information content (AvgIpc) is 2.81. The van der Waals surface area contributed by atoms with Crippen molar-refractivity contribution >= 4 is 17.4 Å². The largest absolute Gasteiger partial charge is 0.394 e. The molecule has 2 saturated heterocycles. The molecule has 1 aromatic rings. The molecule has 0 amide bonds. The van der Waals surface area contributed by atoms with Crippen molar-refractivity contribution in [3.8, 4) is 0 Å². The van der Waals surface area contributed by atoms with Gasteiger partial charge < -0.3 is 50.0 Å². The van der Waals surface area contributed by atoms with Gasteiger partial charge in [0.1, 0.15) is 54.3 Å². The Morgan fingerprint density at radius 3 is 2.09 bits per heavy atom. The highest BCUT2D eigenvalue weighted by Crippen LogP contribution is 2.34. The number of aliphatic hydroxyl groups is 7. The first-order chi connectivity index (χ1) is 15.7. The zero-order chi connectivity index (χ0) is 24.3. The molecule has 2 aliphatic rings. The quantitative estimate of drug-likeness (QED) is 0.147. The first-order valence-corrected chi connectivity index (χ1v) is 11.2. The standard InChI is InChI=1S/C19H27NO12S/c21-5-10-12(23)13(24)15(26)18(30-10)32-17-11(6-22)31-19(16(27)14(17)25)33-7-8-1-3-9(4-2-8)20(28)29/h1-4,10-19,21-27H,5-7H2/t10?,11?,12-,13?,14-,15+,16?,17+,18-,19+/m1/s1. The molecule has 2 heterocycles. The second-order valence-corrected chi connectivity index (χ2v) is 8.83. The second kappa shape index (κ2) is 11.3. The van der Waals surface area contributed by atoms with Crippen molar-refractivity contribution in [3.05, 3.63) is 39.9 Å². The molecule has 14 heteroatoms.